The Hall–Kier alpha value is -1.36. The lowest BCUT2D eigenvalue weighted by atomic mass is 10.1. The Labute approximate surface area is 108 Å². The van der Waals surface area contributed by atoms with Gasteiger partial charge in [-0.3, -0.25) is 9.48 Å². The fraction of sp³-hybridized carbons (Fsp3) is 0.692. The van der Waals surface area contributed by atoms with Crippen LogP contribution < -0.4 is 11.1 Å². The van der Waals surface area contributed by atoms with Gasteiger partial charge in [-0.15, -0.1) is 0 Å². The van der Waals surface area contributed by atoms with Crippen molar-refractivity contribution in [3.8, 4) is 0 Å². The first-order valence-corrected chi connectivity index (χ1v) is 6.57. The van der Waals surface area contributed by atoms with Crippen molar-refractivity contribution in [3.63, 3.8) is 0 Å². The number of aromatic nitrogens is 2. The molecule has 1 aromatic rings. The van der Waals surface area contributed by atoms with Gasteiger partial charge in [-0.05, 0) is 39.2 Å². The summed E-state index contributed by atoms with van der Waals surface area (Å²) in [6.45, 7) is 6.04. The average molecular weight is 250 g/mol. The molecule has 0 unspecified atom stereocenters. The number of carbonyl (C=O) groups is 1. The minimum atomic E-state index is -0.238. The van der Waals surface area contributed by atoms with E-state index in [2.05, 4.69) is 16.5 Å². The van der Waals surface area contributed by atoms with Crippen LogP contribution in [0.3, 0.4) is 0 Å². The maximum atomic E-state index is 11.8. The Morgan fingerprint density at radius 3 is 2.78 bits per heavy atom. The highest BCUT2D eigenvalue weighted by atomic mass is 16.2. The van der Waals surface area contributed by atoms with Crippen LogP contribution in [0.2, 0.25) is 0 Å². The standard InChI is InChI=1S/C13H22N4O/c1-10-8-11(2)17(16-10)7-3-6-15-12(18)13(9-14)4-5-13/h8H,3-7,9,14H2,1-2H3,(H,15,18). The first-order valence-electron chi connectivity index (χ1n) is 6.57. The number of rotatable bonds is 6. The average Bonchev–Trinajstić information content (AvgIpc) is 3.07. The zero-order valence-electron chi connectivity index (χ0n) is 11.2. The molecule has 0 radical (unpaired) electrons. The predicted molar refractivity (Wildman–Crippen MR) is 70.0 cm³/mol. The quantitative estimate of drug-likeness (QED) is 0.732. The van der Waals surface area contributed by atoms with Gasteiger partial charge in [0.2, 0.25) is 5.91 Å². The van der Waals surface area contributed by atoms with Crippen molar-refractivity contribution in [2.45, 2.75) is 39.7 Å². The molecule has 100 valence electrons. The molecule has 1 aromatic heterocycles. The molecule has 5 nitrogen and oxygen atoms in total. The maximum absolute atomic E-state index is 11.8. The van der Waals surface area contributed by atoms with Crippen molar-refractivity contribution in [1.29, 1.82) is 0 Å². The Morgan fingerprint density at radius 2 is 2.28 bits per heavy atom. The summed E-state index contributed by atoms with van der Waals surface area (Å²) in [5.41, 5.74) is 7.58. The summed E-state index contributed by atoms with van der Waals surface area (Å²) in [6.07, 6.45) is 2.77. The van der Waals surface area contributed by atoms with E-state index in [9.17, 15) is 4.79 Å². The number of carbonyl (C=O) groups excluding carboxylic acids is 1. The molecule has 1 heterocycles. The number of nitrogens with two attached hydrogens (primary N) is 1. The molecule has 3 N–H and O–H groups in total. The molecule has 5 heteroatoms. The van der Waals surface area contributed by atoms with E-state index >= 15 is 0 Å². The van der Waals surface area contributed by atoms with E-state index in [1.165, 1.54) is 5.69 Å². The Bertz CT molecular complexity index is 434. The molecule has 18 heavy (non-hydrogen) atoms. The minimum absolute atomic E-state index is 0.123. The van der Waals surface area contributed by atoms with Crippen LogP contribution in [-0.2, 0) is 11.3 Å². The SMILES string of the molecule is Cc1cc(C)n(CCCNC(=O)C2(CN)CC2)n1. The Kier molecular flexibility index (Phi) is 3.71. The second-order valence-electron chi connectivity index (χ2n) is 5.24. The highest BCUT2D eigenvalue weighted by Gasteiger charge is 2.48. The summed E-state index contributed by atoms with van der Waals surface area (Å²) in [5.74, 6) is 0.123. The van der Waals surface area contributed by atoms with Crippen molar-refractivity contribution in [2.75, 3.05) is 13.1 Å². The summed E-state index contributed by atoms with van der Waals surface area (Å²) < 4.78 is 1.98. The molecule has 0 saturated heterocycles. The van der Waals surface area contributed by atoms with Crippen LogP contribution in [0.25, 0.3) is 0 Å². The zero-order valence-corrected chi connectivity index (χ0v) is 11.2. The maximum Gasteiger partial charge on any atom is 0.227 e. The van der Waals surface area contributed by atoms with E-state index in [0.717, 1.165) is 31.5 Å². The summed E-state index contributed by atoms with van der Waals surface area (Å²) in [6, 6.07) is 2.06. The number of hydrogen-bond donors (Lipinski definition) is 2. The van der Waals surface area contributed by atoms with Crippen LogP contribution in [0.4, 0.5) is 0 Å². The normalized spacial score (nSPS) is 16.6. The lowest BCUT2D eigenvalue weighted by Gasteiger charge is -2.12. The fourth-order valence-corrected chi connectivity index (χ4v) is 2.19. The minimum Gasteiger partial charge on any atom is -0.356 e. The van der Waals surface area contributed by atoms with Gasteiger partial charge < -0.3 is 11.1 Å². The molecule has 2 rings (SSSR count). The predicted octanol–water partition coefficient (Wildman–Crippen LogP) is 0.745. The molecule has 1 amide bonds. The molecule has 1 saturated carbocycles. The van der Waals surface area contributed by atoms with Crippen molar-refractivity contribution in [1.82, 2.24) is 15.1 Å². The molecule has 0 aliphatic heterocycles. The van der Waals surface area contributed by atoms with Crippen LogP contribution >= 0.6 is 0 Å². The van der Waals surface area contributed by atoms with Gasteiger partial charge >= 0.3 is 0 Å². The lowest BCUT2D eigenvalue weighted by molar-refractivity contribution is -0.125. The van der Waals surface area contributed by atoms with Gasteiger partial charge in [0.25, 0.3) is 0 Å². The Morgan fingerprint density at radius 1 is 1.56 bits per heavy atom. The van der Waals surface area contributed by atoms with Crippen molar-refractivity contribution in [2.24, 2.45) is 11.1 Å². The van der Waals surface area contributed by atoms with E-state index in [1.807, 2.05) is 18.5 Å². The number of hydrogen-bond acceptors (Lipinski definition) is 3. The van der Waals surface area contributed by atoms with Crippen LogP contribution in [-0.4, -0.2) is 28.8 Å². The van der Waals surface area contributed by atoms with Crippen molar-refractivity contribution in [3.05, 3.63) is 17.5 Å². The Balaban J connectivity index is 1.70. The van der Waals surface area contributed by atoms with Gasteiger partial charge in [-0.25, -0.2) is 0 Å². The van der Waals surface area contributed by atoms with Gasteiger partial charge in [0, 0.05) is 25.3 Å². The topological polar surface area (TPSA) is 72.9 Å². The lowest BCUT2D eigenvalue weighted by Crippen LogP contribution is -2.37. The van der Waals surface area contributed by atoms with Crippen LogP contribution in [0, 0.1) is 19.3 Å². The fourth-order valence-electron chi connectivity index (χ4n) is 2.19. The number of nitrogens with zero attached hydrogens (tertiary/aromatic N) is 2. The third-order valence-electron chi connectivity index (χ3n) is 3.66. The largest absolute Gasteiger partial charge is 0.356 e. The molecular weight excluding hydrogens is 228 g/mol. The van der Waals surface area contributed by atoms with Gasteiger partial charge in [-0.1, -0.05) is 0 Å². The second kappa shape index (κ2) is 5.10. The highest BCUT2D eigenvalue weighted by Crippen LogP contribution is 2.44. The first kappa shape index (κ1) is 13.1. The van der Waals surface area contributed by atoms with E-state index in [-0.39, 0.29) is 11.3 Å². The molecule has 1 aliphatic carbocycles. The van der Waals surface area contributed by atoms with Gasteiger partial charge in [0.15, 0.2) is 0 Å². The third-order valence-corrected chi connectivity index (χ3v) is 3.66. The summed E-state index contributed by atoms with van der Waals surface area (Å²) in [7, 11) is 0. The van der Waals surface area contributed by atoms with Crippen LogP contribution in [0.15, 0.2) is 6.07 Å². The molecule has 0 spiro atoms. The number of nitrogens with one attached hydrogen (secondary N) is 1. The van der Waals surface area contributed by atoms with Gasteiger partial charge in [0.05, 0.1) is 11.1 Å². The van der Waals surface area contributed by atoms with E-state index in [4.69, 9.17) is 5.73 Å². The van der Waals surface area contributed by atoms with E-state index in [0.29, 0.717) is 13.1 Å². The van der Waals surface area contributed by atoms with Crippen LogP contribution in [0.5, 0.6) is 0 Å². The molecule has 0 aromatic carbocycles. The van der Waals surface area contributed by atoms with Crippen LogP contribution in [0.1, 0.15) is 30.7 Å². The second-order valence-corrected chi connectivity index (χ2v) is 5.24. The summed E-state index contributed by atoms with van der Waals surface area (Å²) in [4.78, 5) is 11.8. The molecule has 1 fully saturated rings. The number of aryl methyl sites for hydroxylation is 3. The molecule has 0 atom stereocenters. The first-order chi connectivity index (χ1) is 8.57. The highest BCUT2D eigenvalue weighted by molar-refractivity contribution is 5.85. The molecular formula is C13H22N4O. The zero-order chi connectivity index (χ0) is 13.2. The van der Waals surface area contributed by atoms with Crippen molar-refractivity contribution >= 4 is 5.91 Å². The van der Waals surface area contributed by atoms with Gasteiger partial charge in [0.1, 0.15) is 0 Å². The number of amides is 1. The monoisotopic (exact) mass is 250 g/mol. The van der Waals surface area contributed by atoms with Crippen molar-refractivity contribution < 1.29 is 4.79 Å². The molecule has 0 bridgehead atoms. The smallest absolute Gasteiger partial charge is 0.227 e. The summed E-state index contributed by atoms with van der Waals surface area (Å²) in [5, 5.41) is 7.36. The molecule has 1 aliphatic rings. The van der Waals surface area contributed by atoms with Gasteiger partial charge in [-0.2, -0.15) is 5.10 Å². The third kappa shape index (κ3) is 2.72. The van der Waals surface area contributed by atoms with E-state index < -0.39 is 0 Å². The summed E-state index contributed by atoms with van der Waals surface area (Å²) >= 11 is 0. The van der Waals surface area contributed by atoms with E-state index in [1.54, 1.807) is 0 Å².